The number of nitrogens with one attached hydrogen (secondary N) is 4. The van der Waals surface area contributed by atoms with Gasteiger partial charge in [0.2, 0.25) is 0 Å². The van der Waals surface area contributed by atoms with E-state index in [1.807, 2.05) is 11.8 Å². The summed E-state index contributed by atoms with van der Waals surface area (Å²) in [5.41, 5.74) is 0.296. The molecule has 6 N–H and O–H groups in total. The van der Waals surface area contributed by atoms with Crippen LogP contribution in [0.2, 0.25) is 0 Å². The minimum atomic E-state index is -4.78. The summed E-state index contributed by atoms with van der Waals surface area (Å²) in [5, 5.41) is 30.0. The lowest BCUT2D eigenvalue weighted by molar-refractivity contribution is -0.274. The van der Waals surface area contributed by atoms with Crippen molar-refractivity contribution in [3.63, 3.8) is 0 Å². The van der Waals surface area contributed by atoms with Gasteiger partial charge in [0.25, 0.3) is 0 Å². The van der Waals surface area contributed by atoms with Gasteiger partial charge >= 0.3 is 12.4 Å². The van der Waals surface area contributed by atoms with Gasteiger partial charge in [0, 0.05) is 18.3 Å². The first-order valence-corrected chi connectivity index (χ1v) is 9.01. The van der Waals surface area contributed by atoms with Gasteiger partial charge in [0.05, 0.1) is 18.9 Å². The minimum absolute atomic E-state index is 0.0547. The van der Waals surface area contributed by atoms with Gasteiger partial charge in [0.1, 0.15) is 12.0 Å². The van der Waals surface area contributed by atoms with Crippen LogP contribution in [0.25, 0.3) is 0 Å². The zero-order chi connectivity index (χ0) is 21.6. The number of ether oxygens (including phenoxy) is 1. The van der Waals surface area contributed by atoms with Crippen molar-refractivity contribution in [2.24, 2.45) is 0 Å². The van der Waals surface area contributed by atoms with E-state index in [9.17, 15) is 23.1 Å². The second kappa shape index (κ2) is 10.1. The SMILES string of the molecule is CC1CC(NCC(O)CO)N(C)C(NC(=O)Nc2ccc(OC(F)(F)F)cc2)N1. The summed E-state index contributed by atoms with van der Waals surface area (Å²) in [6, 6.07) is 4.29. The molecule has 2 amide bonds. The van der Waals surface area contributed by atoms with Gasteiger partial charge in [-0.3, -0.25) is 15.5 Å². The number of anilines is 1. The Labute approximate surface area is 166 Å². The average Bonchev–Trinajstić information content (AvgIpc) is 2.63. The lowest BCUT2D eigenvalue weighted by atomic mass is 10.1. The number of hydrogen-bond donors (Lipinski definition) is 6. The van der Waals surface area contributed by atoms with Gasteiger partial charge in [-0.15, -0.1) is 13.2 Å². The van der Waals surface area contributed by atoms with E-state index in [1.165, 1.54) is 12.1 Å². The second-order valence-electron chi connectivity index (χ2n) is 6.80. The van der Waals surface area contributed by atoms with Crippen LogP contribution in [0.4, 0.5) is 23.7 Å². The van der Waals surface area contributed by atoms with Crippen LogP contribution in [-0.2, 0) is 0 Å². The minimum Gasteiger partial charge on any atom is -0.406 e. The van der Waals surface area contributed by atoms with Crippen molar-refractivity contribution in [1.29, 1.82) is 0 Å². The molecule has 0 aromatic heterocycles. The van der Waals surface area contributed by atoms with Gasteiger partial charge in [-0.2, -0.15) is 0 Å². The molecule has 1 aliphatic heterocycles. The highest BCUT2D eigenvalue weighted by Gasteiger charge is 2.32. The van der Waals surface area contributed by atoms with Crippen LogP contribution in [0.5, 0.6) is 5.75 Å². The fourth-order valence-electron chi connectivity index (χ4n) is 2.87. The molecule has 9 nitrogen and oxygen atoms in total. The summed E-state index contributed by atoms with van der Waals surface area (Å²) < 4.78 is 40.3. The molecule has 1 saturated heterocycles. The number of urea groups is 1. The summed E-state index contributed by atoms with van der Waals surface area (Å²) in [5.74, 6) is -0.384. The number of hydrogen-bond acceptors (Lipinski definition) is 7. The maximum Gasteiger partial charge on any atom is 0.573 e. The molecule has 0 aliphatic carbocycles. The number of nitrogens with zero attached hydrogens (tertiary/aromatic N) is 1. The number of carbonyl (C=O) groups is 1. The van der Waals surface area contributed by atoms with Gasteiger partial charge in [0.15, 0.2) is 0 Å². The molecule has 12 heteroatoms. The summed E-state index contributed by atoms with van der Waals surface area (Å²) in [7, 11) is 1.77. The van der Waals surface area contributed by atoms with E-state index in [2.05, 4.69) is 26.0 Å². The molecular weight excluding hydrogens is 395 g/mol. The van der Waals surface area contributed by atoms with E-state index in [4.69, 9.17) is 5.11 Å². The van der Waals surface area contributed by atoms with Crippen LogP contribution >= 0.6 is 0 Å². The number of amides is 2. The van der Waals surface area contributed by atoms with Crippen molar-refractivity contribution in [2.45, 2.75) is 44.3 Å². The van der Waals surface area contributed by atoms with Gasteiger partial charge in [-0.05, 0) is 44.7 Å². The number of benzene rings is 1. The summed E-state index contributed by atoms with van der Waals surface area (Å²) in [6.45, 7) is 1.79. The number of halogens is 3. The maximum absolute atomic E-state index is 12.3. The summed E-state index contributed by atoms with van der Waals surface area (Å²) in [4.78, 5) is 14.1. The Morgan fingerprint density at radius 1 is 1.38 bits per heavy atom. The van der Waals surface area contributed by atoms with Crippen LogP contribution < -0.4 is 26.0 Å². The molecule has 1 aromatic rings. The molecule has 0 radical (unpaired) electrons. The molecule has 4 unspecified atom stereocenters. The monoisotopic (exact) mass is 421 g/mol. The molecule has 29 heavy (non-hydrogen) atoms. The second-order valence-corrected chi connectivity index (χ2v) is 6.80. The smallest absolute Gasteiger partial charge is 0.406 e. The van der Waals surface area contributed by atoms with Crippen molar-refractivity contribution in [1.82, 2.24) is 20.9 Å². The van der Waals surface area contributed by atoms with Crippen molar-refractivity contribution in [3.8, 4) is 5.75 Å². The Balaban J connectivity index is 1.89. The van der Waals surface area contributed by atoms with Gasteiger partial charge in [-0.25, -0.2) is 4.79 Å². The quantitative estimate of drug-likeness (QED) is 0.381. The van der Waals surface area contributed by atoms with E-state index in [1.54, 1.807) is 7.05 Å². The Bertz CT molecular complexity index is 661. The number of rotatable bonds is 7. The molecule has 0 saturated carbocycles. The van der Waals surface area contributed by atoms with Crippen LogP contribution in [-0.4, -0.2) is 72.3 Å². The fraction of sp³-hybridized carbons (Fsp3) is 0.588. The summed E-state index contributed by atoms with van der Waals surface area (Å²) >= 11 is 0. The molecule has 164 valence electrons. The highest BCUT2D eigenvalue weighted by Crippen LogP contribution is 2.24. The first kappa shape index (κ1) is 23.2. The number of aliphatic hydroxyl groups excluding tert-OH is 2. The normalized spacial score (nSPS) is 24.0. The highest BCUT2D eigenvalue weighted by atomic mass is 19.4. The van der Waals surface area contributed by atoms with Crippen molar-refractivity contribution in [3.05, 3.63) is 24.3 Å². The molecule has 1 aromatic carbocycles. The van der Waals surface area contributed by atoms with E-state index < -0.39 is 24.8 Å². The lowest BCUT2D eigenvalue weighted by Gasteiger charge is -2.43. The molecule has 1 heterocycles. The fourth-order valence-corrected chi connectivity index (χ4v) is 2.87. The predicted molar refractivity (Wildman–Crippen MR) is 98.9 cm³/mol. The topological polar surface area (TPSA) is 118 Å². The molecule has 4 atom stereocenters. The van der Waals surface area contributed by atoms with E-state index in [0.717, 1.165) is 12.1 Å². The number of carbonyl (C=O) groups excluding carboxylic acids is 1. The highest BCUT2D eigenvalue weighted by molar-refractivity contribution is 5.89. The maximum atomic E-state index is 12.3. The molecule has 2 rings (SSSR count). The molecule has 0 bridgehead atoms. The van der Waals surface area contributed by atoms with Crippen molar-refractivity contribution in [2.75, 3.05) is 25.5 Å². The Hall–Kier alpha value is -2.12. The molecular formula is C17H26F3N5O4. The third kappa shape index (κ3) is 7.66. The molecule has 0 spiro atoms. The molecule has 1 fully saturated rings. The standard InChI is InChI=1S/C17H26F3N5O4/c1-10-7-14(21-8-12(27)9-26)25(2)15(22-10)24-16(28)23-11-3-5-13(6-4-11)29-17(18,19)20/h3-6,10,12,14-15,21-22,26-27H,7-9H2,1-2H3,(H2,23,24,28). The van der Waals surface area contributed by atoms with Gasteiger partial charge < -0.3 is 25.6 Å². The van der Waals surface area contributed by atoms with Crippen LogP contribution in [0, 0.1) is 0 Å². The Morgan fingerprint density at radius 3 is 2.62 bits per heavy atom. The number of aliphatic hydroxyl groups is 2. The predicted octanol–water partition coefficient (Wildman–Crippen LogP) is 0.573. The first-order chi connectivity index (χ1) is 13.6. The van der Waals surface area contributed by atoms with Gasteiger partial charge in [-0.1, -0.05) is 0 Å². The van der Waals surface area contributed by atoms with E-state index in [-0.39, 0.29) is 31.1 Å². The zero-order valence-corrected chi connectivity index (χ0v) is 16.0. The molecule has 1 aliphatic rings. The third-order valence-corrected chi connectivity index (χ3v) is 4.33. The Kier molecular flexibility index (Phi) is 8.05. The van der Waals surface area contributed by atoms with Crippen LogP contribution in [0.1, 0.15) is 13.3 Å². The zero-order valence-electron chi connectivity index (χ0n) is 16.0. The van der Waals surface area contributed by atoms with Crippen LogP contribution in [0.3, 0.4) is 0 Å². The van der Waals surface area contributed by atoms with Crippen LogP contribution in [0.15, 0.2) is 24.3 Å². The van der Waals surface area contributed by atoms with Crippen molar-refractivity contribution < 1.29 is 32.9 Å². The first-order valence-electron chi connectivity index (χ1n) is 9.01. The summed E-state index contributed by atoms with van der Waals surface area (Å²) in [6.07, 6.45) is -5.65. The van der Waals surface area contributed by atoms with E-state index in [0.29, 0.717) is 12.1 Å². The third-order valence-electron chi connectivity index (χ3n) is 4.33. The largest absolute Gasteiger partial charge is 0.573 e. The Morgan fingerprint density at radius 2 is 2.03 bits per heavy atom. The lowest BCUT2D eigenvalue weighted by Crippen LogP contribution is -2.68. The average molecular weight is 421 g/mol. The van der Waals surface area contributed by atoms with E-state index >= 15 is 0 Å². The van der Waals surface area contributed by atoms with Crippen molar-refractivity contribution >= 4 is 11.7 Å². The number of alkyl halides is 3.